The van der Waals surface area contributed by atoms with E-state index in [4.69, 9.17) is 5.73 Å². The Labute approximate surface area is 155 Å². The van der Waals surface area contributed by atoms with Gasteiger partial charge in [0.25, 0.3) is 0 Å². The van der Waals surface area contributed by atoms with Crippen molar-refractivity contribution in [1.29, 1.82) is 0 Å². The molecule has 0 unspecified atom stereocenters. The van der Waals surface area contributed by atoms with Crippen LogP contribution in [0, 0.1) is 3.57 Å². The zero-order valence-electron chi connectivity index (χ0n) is 14.1. The maximum atomic E-state index is 12.1. The highest BCUT2D eigenvalue weighted by Gasteiger charge is 2.26. The van der Waals surface area contributed by atoms with Gasteiger partial charge in [0.05, 0.1) is 5.54 Å². The fourth-order valence-corrected chi connectivity index (χ4v) is 2.00. The first-order valence-electron chi connectivity index (χ1n) is 7.47. The first-order valence-corrected chi connectivity index (χ1v) is 8.55. The largest absolute Gasteiger partial charge is 0.343 e. The third-order valence-electron chi connectivity index (χ3n) is 3.19. The standard InChI is InChI=1S/C16H23IN4O3/c1-9(14(23)21-12-7-5-11(17)6-8-12)19-13(22)10(2)20-15(24)16(3,4)18/h5-10H,18H2,1-4H3,(H,19,22)(H,20,24)(H,21,23)/t9-,10-/m0/s1. The van der Waals surface area contributed by atoms with Crippen molar-refractivity contribution >= 4 is 46.0 Å². The third kappa shape index (κ3) is 6.44. The van der Waals surface area contributed by atoms with E-state index in [0.717, 1.165) is 3.57 Å². The van der Waals surface area contributed by atoms with Crippen LogP contribution in [0.1, 0.15) is 27.7 Å². The smallest absolute Gasteiger partial charge is 0.246 e. The van der Waals surface area contributed by atoms with Crippen LogP contribution in [0.15, 0.2) is 24.3 Å². The second-order valence-electron chi connectivity index (χ2n) is 6.14. The lowest BCUT2D eigenvalue weighted by molar-refractivity contribution is -0.132. The summed E-state index contributed by atoms with van der Waals surface area (Å²) in [6.45, 7) is 6.19. The Morgan fingerprint density at radius 3 is 2.00 bits per heavy atom. The summed E-state index contributed by atoms with van der Waals surface area (Å²) in [7, 11) is 0. The van der Waals surface area contributed by atoms with Crippen molar-refractivity contribution in [3.8, 4) is 0 Å². The molecule has 1 aromatic rings. The van der Waals surface area contributed by atoms with Crippen LogP contribution in [-0.2, 0) is 14.4 Å². The molecule has 5 N–H and O–H groups in total. The molecule has 0 heterocycles. The number of halogens is 1. The van der Waals surface area contributed by atoms with Crippen LogP contribution in [-0.4, -0.2) is 35.3 Å². The van der Waals surface area contributed by atoms with Crippen molar-refractivity contribution in [3.63, 3.8) is 0 Å². The van der Waals surface area contributed by atoms with E-state index < -0.39 is 29.4 Å². The second kappa shape index (κ2) is 8.43. The Morgan fingerprint density at radius 1 is 1.00 bits per heavy atom. The van der Waals surface area contributed by atoms with Crippen LogP contribution in [0.25, 0.3) is 0 Å². The second-order valence-corrected chi connectivity index (χ2v) is 7.39. The van der Waals surface area contributed by atoms with E-state index in [1.54, 1.807) is 32.9 Å². The lowest BCUT2D eigenvalue weighted by Crippen LogP contribution is -2.56. The zero-order valence-corrected chi connectivity index (χ0v) is 16.3. The van der Waals surface area contributed by atoms with Crippen molar-refractivity contribution in [1.82, 2.24) is 10.6 Å². The van der Waals surface area contributed by atoms with Crippen LogP contribution in [0.4, 0.5) is 5.69 Å². The van der Waals surface area contributed by atoms with Gasteiger partial charge in [0.1, 0.15) is 12.1 Å². The molecule has 0 saturated carbocycles. The predicted molar refractivity (Wildman–Crippen MR) is 101 cm³/mol. The normalized spacial score (nSPS) is 13.6. The van der Waals surface area contributed by atoms with Gasteiger partial charge in [-0.1, -0.05) is 0 Å². The summed E-state index contributed by atoms with van der Waals surface area (Å²) < 4.78 is 1.05. The van der Waals surface area contributed by atoms with Gasteiger partial charge in [-0.25, -0.2) is 0 Å². The number of nitrogens with one attached hydrogen (secondary N) is 3. The van der Waals surface area contributed by atoms with Crippen LogP contribution >= 0.6 is 22.6 Å². The molecule has 0 saturated heterocycles. The van der Waals surface area contributed by atoms with Gasteiger partial charge in [-0.2, -0.15) is 0 Å². The minimum Gasteiger partial charge on any atom is -0.343 e. The lowest BCUT2D eigenvalue weighted by Gasteiger charge is -2.22. The first kappa shape index (κ1) is 20.4. The van der Waals surface area contributed by atoms with Gasteiger partial charge in [0, 0.05) is 9.26 Å². The molecule has 1 aromatic carbocycles. The topological polar surface area (TPSA) is 113 Å². The maximum absolute atomic E-state index is 12.1. The van der Waals surface area contributed by atoms with E-state index in [-0.39, 0.29) is 5.91 Å². The molecule has 132 valence electrons. The van der Waals surface area contributed by atoms with E-state index in [0.29, 0.717) is 5.69 Å². The van der Waals surface area contributed by atoms with Crippen LogP contribution in [0.5, 0.6) is 0 Å². The number of hydrogen-bond acceptors (Lipinski definition) is 4. The third-order valence-corrected chi connectivity index (χ3v) is 3.91. The number of rotatable bonds is 6. The van der Waals surface area contributed by atoms with Gasteiger partial charge in [-0.05, 0) is 74.6 Å². The zero-order chi connectivity index (χ0) is 18.5. The fourth-order valence-electron chi connectivity index (χ4n) is 1.64. The summed E-state index contributed by atoms with van der Waals surface area (Å²) in [5.74, 6) is -1.25. The van der Waals surface area contributed by atoms with Crippen molar-refractivity contribution in [2.24, 2.45) is 5.73 Å². The monoisotopic (exact) mass is 446 g/mol. The SMILES string of the molecule is C[C@H](NC(=O)[C@H](C)NC(=O)C(C)(C)N)C(=O)Nc1ccc(I)cc1. The Bertz CT molecular complexity index is 611. The van der Waals surface area contributed by atoms with E-state index in [2.05, 4.69) is 38.5 Å². The highest BCUT2D eigenvalue weighted by Crippen LogP contribution is 2.11. The molecule has 7 nitrogen and oxygen atoms in total. The number of benzene rings is 1. The average Bonchev–Trinajstić information content (AvgIpc) is 2.48. The molecular weight excluding hydrogens is 423 g/mol. The molecule has 0 aliphatic carbocycles. The molecule has 24 heavy (non-hydrogen) atoms. The van der Waals surface area contributed by atoms with Gasteiger partial charge in [0.15, 0.2) is 0 Å². The van der Waals surface area contributed by atoms with E-state index >= 15 is 0 Å². The molecule has 0 aromatic heterocycles. The van der Waals surface area contributed by atoms with Crippen molar-refractivity contribution in [2.75, 3.05) is 5.32 Å². The Kier molecular flexibility index (Phi) is 7.15. The van der Waals surface area contributed by atoms with E-state index in [1.165, 1.54) is 6.92 Å². The maximum Gasteiger partial charge on any atom is 0.246 e. The summed E-state index contributed by atoms with van der Waals surface area (Å²) in [6, 6.07) is 5.74. The summed E-state index contributed by atoms with van der Waals surface area (Å²) in [6.07, 6.45) is 0. The summed E-state index contributed by atoms with van der Waals surface area (Å²) in [5.41, 5.74) is 5.23. The number of hydrogen-bond donors (Lipinski definition) is 4. The fraction of sp³-hybridized carbons (Fsp3) is 0.438. The molecule has 0 spiro atoms. The molecule has 8 heteroatoms. The summed E-state index contributed by atoms with van der Waals surface area (Å²) in [5, 5.41) is 7.79. The van der Waals surface area contributed by atoms with Gasteiger partial charge < -0.3 is 21.7 Å². The molecular formula is C16H23IN4O3. The lowest BCUT2D eigenvalue weighted by atomic mass is 10.1. The Hall–Kier alpha value is -1.68. The number of nitrogens with two attached hydrogens (primary N) is 1. The molecule has 0 fully saturated rings. The van der Waals surface area contributed by atoms with E-state index in [9.17, 15) is 14.4 Å². The number of carbonyl (C=O) groups excluding carboxylic acids is 3. The molecule has 0 aliphatic rings. The van der Waals surface area contributed by atoms with Gasteiger partial charge in [-0.3, -0.25) is 14.4 Å². The van der Waals surface area contributed by atoms with E-state index in [1.807, 2.05) is 12.1 Å². The molecule has 1 rings (SSSR count). The van der Waals surface area contributed by atoms with Crippen LogP contribution in [0.2, 0.25) is 0 Å². The average molecular weight is 446 g/mol. The Balaban J connectivity index is 2.54. The molecule has 0 bridgehead atoms. The minimum atomic E-state index is -1.08. The van der Waals surface area contributed by atoms with Crippen LogP contribution < -0.4 is 21.7 Å². The highest BCUT2D eigenvalue weighted by atomic mass is 127. The quantitative estimate of drug-likeness (QED) is 0.488. The highest BCUT2D eigenvalue weighted by molar-refractivity contribution is 14.1. The van der Waals surface area contributed by atoms with Crippen molar-refractivity contribution < 1.29 is 14.4 Å². The number of carbonyl (C=O) groups is 3. The molecule has 0 radical (unpaired) electrons. The van der Waals surface area contributed by atoms with Crippen molar-refractivity contribution in [2.45, 2.75) is 45.3 Å². The van der Waals surface area contributed by atoms with Gasteiger partial charge in [0.2, 0.25) is 17.7 Å². The van der Waals surface area contributed by atoms with Crippen molar-refractivity contribution in [3.05, 3.63) is 27.8 Å². The van der Waals surface area contributed by atoms with Gasteiger partial charge in [-0.15, -0.1) is 0 Å². The molecule has 0 aliphatic heterocycles. The number of amides is 3. The summed E-state index contributed by atoms with van der Waals surface area (Å²) in [4.78, 5) is 35.9. The first-order chi connectivity index (χ1) is 11.0. The molecule has 2 atom stereocenters. The number of anilines is 1. The molecule has 3 amide bonds. The Morgan fingerprint density at radius 2 is 1.50 bits per heavy atom. The minimum absolute atomic E-state index is 0.345. The van der Waals surface area contributed by atoms with Crippen LogP contribution in [0.3, 0.4) is 0 Å². The van der Waals surface area contributed by atoms with Gasteiger partial charge >= 0.3 is 0 Å². The predicted octanol–water partition coefficient (Wildman–Crippen LogP) is 0.976. The summed E-state index contributed by atoms with van der Waals surface area (Å²) >= 11 is 2.17.